The van der Waals surface area contributed by atoms with Crippen LogP contribution in [0.3, 0.4) is 0 Å². The fraction of sp³-hybridized carbons (Fsp3) is 0.533. The molecule has 19 heavy (non-hydrogen) atoms. The summed E-state index contributed by atoms with van der Waals surface area (Å²) in [5.74, 6) is -0.382. The number of carbonyl (C=O) groups excluding carboxylic acids is 1. The molecule has 0 atom stereocenters. The predicted octanol–water partition coefficient (Wildman–Crippen LogP) is 2.48. The molecule has 1 heterocycles. The van der Waals surface area contributed by atoms with Crippen LogP contribution in [0, 0.1) is 12.7 Å². The third-order valence-electron chi connectivity index (χ3n) is 3.72. The molecule has 0 spiro atoms. The van der Waals surface area contributed by atoms with Gasteiger partial charge in [0.25, 0.3) is 0 Å². The van der Waals surface area contributed by atoms with E-state index in [0.29, 0.717) is 11.1 Å². The van der Waals surface area contributed by atoms with Crippen molar-refractivity contribution in [3.63, 3.8) is 0 Å². The molecule has 0 aliphatic carbocycles. The maximum atomic E-state index is 13.7. The summed E-state index contributed by atoms with van der Waals surface area (Å²) in [5, 5.41) is 0. The normalized spacial score (nSPS) is 17.4. The molecule has 1 fully saturated rings. The summed E-state index contributed by atoms with van der Waals surface area (Å²) < 4.78 is 13.7. The van der Waals surface area contributed by atoms with Crippen LogP contribution in [0.5, 0.6) is 0 Å². The van der Waals surface area contributed by atoms with Crippen LogP contribution in [-0.4, -0.2) is 43.9 Å². The molecule has 0 bridgehead atoms. The number of benzene rings is 1. The number of aryl methyl sites for hydroxylation is 1. The number of halogens is 1. The standard InChI is InChI=1S/C15H21FN2O/c1-11-9-15(13(12(2)19)10-14(11)16)18-6-4-5-17(3)7-8-18/h9-10H,4-8H2,1-3H3. The van der Waals surface area contributed by atoms with Gasteiger partial charge in [0, 0.05) is 30.9 Å². The molecule has 2 rings (SSSR count). The first-order chi connectivity index (χ1) is 8.99. The Morgan fingerprint density at radius 3 is 2.63 bits per heavy atom. The second kappa shape index (κ2) is 5.70. The minimum absolute atomic E-state index is 0.0773. The number of likely N-dealkylation sites (N-methyl/N-ethyl adjacent to an activating group) is 1. The Morgan fingerprint density at radius 2 is 1.95 bits per heavy atom. The minimum Gasteiger partial charge on any atom is -0.370 e. The SMILES string of the molecule is CC(=O)c1cc(F)c(C)cc1N1CCCN(C)CC1. The topological polar surface area (TPSA) is 23.6 Å². The molecule has 1 saturated heterocycles. The summed E-state index contributed by atoms with van der Waals surface area (Å²) >= 11 is 0. The average Bonchev–Trinajstić information content (AvgIpc) is 2.57. The quantitative estimate of drug-likeness (QED) is 0.767. The Labute approximate surface area is 114 Å². The van der Waals surface area contributed by atoms with Gasteiger partial charge in [0.2, 0.25) is 0 Å². The average molecular weight is 264 g/mol. The lowest BCUT2D eigenvalue weighted by molar-refractivity contribution is 0.101. The second-order valence-corrected chi connectivity index (χ2v) is 5.32. The Bertz CT molecular complexity index is 487. The van der Waals surface area contributed by atoms with Crippen molar-refractivity contribution in [2.75, 3.05) is 38.1 Å². The van der Waals surface area contributed by atoms with Crippen LogP contribution in [0.15, 0.2) is 12.1 Å². The first-order valence-corrected chi connectivity index (χ1v) is 6.73. The zero-order chi connectivity index (χ0) is 14.0. The number of anilines is 1. The maximum absolute atomic E-state index is 13.7. The molecule has 1 aliphatic rings. The Hall–Kier alpha value is -1.42. The number of ketones is 1. The molecule has 0 amide bonds. The zero-order valence-corrected chi connectivity index (χ0v) is 11.9. The first-order valence-electron chi connectivity index (χ1n) is 6.73. The molecule has 4 heteroatoms. The lowest BCUT2D eigenvalue weighted by Crippen LogP contribution is -2.30. The first kappa shape index (κ1) is 14.0. The van der Waals surface area contributed by atoms with Crippen LogP contribution < -0.4 is 4.90 Å². The van der Waals surface area contributed by atoms with E-state index in [1.54, 1.807) is 13.0 Å². The molecule has 0 unspecified atom stereocenters. The number of carbonyl (C=O) groups is 1. The van der Waals surface area contributed by atoms with Crippen LogP contribution in [0.2, 0.25) is 0 Å². The monoisotopic (exact) mass is 264 g/mol. The van der Waals surface area contributed by atoms with Gasteiger partial charge >= 0.3 is 0 Å². The van der Waals surface area contributed by atoms with Gasteiger partial charge in [-0.15, -0.1) is 0 Å². The van der Waals surface area contributed by atoms with E-state index < -0.39 is 0 Å². The highest BCUT2D eigenvalue weighted by Gasteiger charge is 2.19. The number of hydrogen-bond donors (Lipinski definition) is 0. The molecule has 3 nitrogen and oxygen atoms in total. The fourth-order valence-corrected chi connectivity index (χ4v) is 2.50. The Balaban J connectivity index is 2.37. The zero-order valence-electron chi connectivity index (χ0n) is 11.9. The van der Waals surface area contributed by atoms with Gasteiger partial charge < -0.3 is 9.80 Å². The van der Waals surface area contributed by atoms with Gasteiger partial charge in [-0.2, -0.15) is 0 Å². The minimum atomic E-state index is -0.305. The molecule has 104 valence electrons. The molecule has 0 radical (unpaired) electrons. The van der Waals surface area contributed by atoms with E-state index in [9.17, 15) is 9.18 Å². The Kier molecular flexibility index (Phi) is 4.20. The van der Waals surface area contributed by atoms with Crippen molar-refractivity contribution < 1.29 is 9.18 Å². The van der Waals surface area contributed by atoms with Gasteiger partial charge in [-0.25, -0.2) is 4.39 Å². The van der Waals surface area contributed by atoms with E-state index >= 15 is 0 Å². The van der Waals surface area contributed by atoms with Crippen molar-refractivity contribution >= 4 is 11.5 Å². The van der Waals surface area contributed by atoms with Crippen LogP contribution in [0.1, 0.15) is 29.3 Å². The summed E-state index contributed by atoms with van der Waals surface area (Å²) in [6, 6.07) is 3.18. The lowest BCUT2D eigenvalue weighted by atomic mass is 10.0. The number of rotatable bonds is 2. The van der Waals surface area contributed by atoms with Gasteiger partial charge in [0.15, 0.2) is 5.78 Å². The molecule has 1 aromatic rings. The van der Waals surface area contributed by atoms with Gasteiger partial charge in [-0.3, -0.25) is 4.79 Å². The maximum Gasteiger partial charge on any atom is 0.161 e. The van der Waals surface area contributed by atoms with Crippen molar-refractivity contribution in [1.82, 2.24) is 4.90 Å². The van der Waals surface area contributed by atoms with Gasteiger partial charge in [0.1, 0.15) is 5.82 Å². The van der Waals surface area contributed by atoms with Crippen LogP contribution in [-0.2, 0) is 0 Å². The summed E-state index contributed by atoms with van der Waals surface area (Å²) in [7, 11) is 2.10. The second-order valence-electron chi connectivity index (χ2n) is 5.32. The van der Waals surface area contributed by atoms with Crippen LogP contribution in [0.25, 0.3) is 0 Å². The highest BCUT2D eigenvalue weighted by Crippen LogP contribution is 2.26. The highest BCUT2D eigenvalue weighted by molar-refractivity contribution is 6.00. The van der Waals surface area contributed by atoms with Gasteiger partial charge in [-0.05, 0) is 51.6 Å². The van der Waals surface area contributed by atoms with Gasteiger partial charge in [-0.1, -0.05) is 0 Å². The van der Waals surface area contributed by atoms with E-state index in [4.69, 9.17) is 0 Å². The number of Topliss-reactive ketones (excluding diaryl/α,β-unsaturated/α-hetero) is 1. The molecule has 1 aromatic carbocycles. The van der Waals surface area contributed by atoms with Crippen LogP contribution >= 0.6 is 0 Å². The third-order valence-corrected chi connectivity index (χ3v) is 3.72. The van der Waals surface area contributed by atoms with Crippen LogP contribution in [0.4, 0.5) is 10.1 Å². The smallest absolute Gasteiger partial charge is 0.161 e. The van der Waals surface area contributed by atoms with E-state index in [-0.39, 0.29) is 11.6 Å². The molecule has 0 N–H and O–H groups in total. The largest absolute Gasteiger partial charge is 0.370 e. The van der Waals surface area contributed by atoms with Gasteiger partial charge in [0.05, 0.1) is 0 Å². The van der Waals surface area contributed by atoms with E-state index in [1.807, 2.05) is 0 Å². The summed E-state index contributed by atoms with van der Waals surface area (Å²) in [6.45, 7) is 7.06. The van der Waals surface area contributed by atoms with Crippen molar-refractivity contribution in [2.24, 2.45) is 0 Å². The summed E-state index contributed by atoms with van der Waals surface area (Å²) in [6.07, 6.45) is 1.06. The number of hydrogen-bond acceptors (Lipinski definition) is 3. The van der Waals surface area contributed by atoms with Crippen molar-refractivity contribution in [1.29, 1.82) is 0 Å². The summed E-state index contributed by atoms with van der Waals surface area (Å²) in [5.41, 5.74) is 1.96. The highest BCUT2D eigenvalue weighted by atomic mass is 19.1. The molecular weight excluding hydrogens is 243 g/mol. The summed E-state index contributed by atoms with van der Waals surface area (Å²) in [4.78, 5) is 16.2. The molecule has 1 aliphatic heterocycles. The third kappa shape index (κ3) is 3.13. The Morgan fingerprint density at radius 1 is 1.21 bits per heavy atom. The predicted molar refractivity (Wildman–Crippen MR) is 75.5 cm³/mol. The molecule has 0 aromatic heterocycles. The molecule has 0 saturated carbocycles. The number of nitrogens with zero attached hydrogens (tertiary/aromatic N) is 2. The van der Waals surface area contributed by atoms with E-state index in [1.165, 1.54) is 13.0 Å². The van der Waals surface area contributed by atoms with Crippen molar-refractivity contribution in [3.8, 4) is 0 Å². The van der Waals surface area contributed by atoms with Crippen molar-refractivity contribution in [3.05, 3.63) is 29.1 Å². The van der Waals surface area contributed by atoms with E-state index in [0.717, 1.165) is 38.3 Å². The molecular formula is C15H21FN2O. The lowest BCUT2D eigenvalue weighted by Gasteiger charge is -2.25. The van der Waals surface area contributed by atoms with E-state index in [2.05, 4.69) is 16.8 Å². The van der Waals surface area contributed by atoms with Crippen molar-refractivity contribution in [2.45, 2.75) is 20.3 Å². The fourth-order valence-electron chi connectivity index (χ4n) is 2.50.